The SMILES string of the molecule is CCNC(=S)NCCc1ccc(S(=O)(=O)N2CCOCC2)cc1. The quantitative estimate of drug-likeness (QED) is 0.732. The average molecular weight is 358 g/mol. The molecule has 1 aromatic carbocycles. The van der Waals surface area contributed by atoms with Crippen LogP contribution in [0.2, 0.25) is 0 Å². The van der Waals surface area contributed by atoms with Gasteiger partial charge in [-0.2, -0.15) is 4.31 Å². The molecule has 0 bridgehead atoms. The van der Waals surface area contributed by atoms with Crippen LogP contribution < -0.4 is 10.6 Å². The zero-order valence-corrected chi connectivity index (χ0v) is 14.9. The van der Waals surface area contributed by atoms with E-state index in [4.69, 9.17) is 17.0 Å². The van der Waals surface area contributed by atoms with E-state index in [-0.39, 0.29) is 0 Å². The summed E-state index contributed by atoms with van der Waals surface area (Å²) >= 11 is 5.09. The molecular weight excluding hydrogens is 334 g/mol. The van der Waals surface area contributed by atoms with Crippen molar-refractivity contribution in [1.29, 1.82) is 0 Å². The van der Waals surface area contributed by atoms with E-state index in [2.05, 4.69) is 10.6 Å². The zero-order chi connectivity index (χ0) is 16.7. The van der Waals surface area contributed by atoms with Gasteiger partial charge < -0.3 is 15.4 Å². The molecule has 1 fully saturated rings. The number of ether oxygens (including phenoxy) is 1. The molecule has 0 amide bonds. The Balaban J connectivity index is 1.92. The Hall–Kier alpha value is -1.22. The Morgan fingerprint density at radius 1 is 1.22 bits per heavy atom. The Labute approximate surface area is 143 Å². The van der Waals surface area contributed by atoms with Crippen molar-refractivity contribution in [3.63, 3.8) is 0 Å². The maximum atomic E-state index is 12.5. The predicted molar refractivity (Wildman–Crippen MR) is 94.0 cm³/mol. The van der Waals surface area contributed by atoms with Crippen molar-refractivity contribution >= 4 is 27.4 Å². The second-order valence-corrected chi connectivity index (χ2v) is 7.54. The number of thiocarbonyl (C=S) groups is 1. The van der Waals surface area contributed by atoms with Gasteiger partial charge in [0.2, 0.25) is 10.0 Å². The topological polar surface area (TPSA) is 70.7 Å². The van der Waals surface area contributed by atoms with Crippen LogP contribution in [0, 0.1) is 0 Å². The molecule has 6 nitrogen and oxygen atoms in total. The molecule has 2 rings (SSSR count). The first-order chi connectivity index (χ1) is 11.0. The maximum absolute atomic E-state index is 12.5. The third-order valence-electron chi connectivity index (χ3n) is 3.57. The van der Waals surface area contributed by atoms with Gasteiger partial charge in [-0.1, -0.05) is 12.1 Å². The lowest BCUT2D eigenvalue weighted by Gasteiger charge is -2.26. The van der Waals surface area contributed by atoms with Crippen molar-refractivity contribution in [3.05, 3.63) is 29.8 Å². The van der Waals surface area contributed by atoms with Crippen molar-refractivity contribution in [3.8, 4) is 0 Å². The first kappa shape index (κ1) is 18.1. The first-order valence-corrected chi connectivity index (χ1v) is 9.57. The second kappa shape index (κ2) is 8.58. The molecule has 0 saturated carbocycles. The highest BCUT2D eigenvalue weighted by atomic mass is 32.2. The van der Waals surface area contributed by atoms with E-state index in [0.29, 0.717) is 42.9 Å². The minimum absolute atomic E-state index is 0.333. The van der Waals surface area contributed by atoms with Gasteiger partial charge in [0, 0.05) is 26.2 Å². The fourth-order valence-corrected chi connectivity index (χ4v) is 3.96. The van der Waals surface area contributed by atoms with Gasteiger partial charge in [0.15, 0.2) is 5.11 Å². The van der Waals surface area contributed by atoms with Crippen molar-refractivity contribution in [2.24, 2.45) is 0 Å². The zero-order valence-electron chi connectivity index (χ0n) is 13.2. The van der Waals surface area contributed by atoms with Crippen LogP contribution in [0.5, 0.6) is 0 Å². The van der Waals surface area contributed by atoms with Gasteiger partial charge >= 0.3 is 0 Å². The number of morpholine rings is 1. The smallest absolute Gasteiger partial charge is 0.243 e. The van der Waals surface area contributed by atoms with Gasteiger partial charge in [0.05, 0.1) is 18.1 Å². The van der Waals surface area contributed by atoms with Crippen molar-refractivity contribution in [1.82, 2.24) is 14.9 Å². The highest BCUT2D eigenvalue weighted by Gasteiger charge is 2.25. The van der Waals surface area contributed by atoms with Gasteiger partial charge in [-0.25, -0.2) is 8.42 Å². The molecule has 1 saturated heterocycles. The number of hydrogen-bond donors (Lipinski definition) is 2. The van der Waals surface area contributed by atoms with Crippen LogP contribution in [0.3, 0.4) is 0 Å². The molecule has 2 N–H and O–H groups in total. The largest absolute Gasteiger partial charge is 0.379 e. The summed E-state index contributed by atoms with van der Waals surface area (Å²) in [7, 11) is -3.41. The summed E-state index contributed by atoms with van der Waals surface area (Å²) in [6, 6.07) is 7.04. The summed E-state index contributed by atoms with van der Waals surface area (Å²) in [5.41, 5.74) is 1.07. The summed E-state index contributed by atoms with van der Waals surface area (Å²) in [6.45, 7) is 5.22. The molecule has 0 unspecified atom stereocenters. The molecule has 0 radical (unpaired) electrons. The molecule has 1 aliphatic heterocycles. The molecule has 23 heavy (non-hydrogen) atoms. The molecule has 128 valence electrons. The van der Waals surface area contributed by atoms with E-state index in [1.165, 1.54) is 4.31 Å². The predicted octanol–water partition coefficient (Wildman–Crippen LogP) is 0.734. The normalized spacial score (nSPS) is 16.0. The number of benzene rings is 1. The van der Waals surface area contributed by atoms with Crippen LogP contribution in [0.15, 0.2) is 29.2 Å². The highest BCUT2D eigenvalue weighted by Crippen LogP contribution is 2.17. The van der Waals surface area contributed by atoms with Crippen LogP contribution in [0.25, 0.3) is 0 Å². The van der Waals surface area contributed by atoms with E-state index in [0.717, 1.165) is 18.5 Å². The lowest BCUT2D eigenvalue weighted by Crippen LogP contribution is -2.40. The first-order valence-electron chi connectivity index (χ1n) is 7.72. The Morgan fingerprint density at radius 3 is 2.48 bits per heavy atom. The summed E-state index contributed by atoms with van der Waals surface area (Å²) in [6.07, 6.45) is 0.781. The molecule has 0 spiro atoms. The minimum atomic E-state index is -3.41. The van der Waals surface area contributed by atoms with Crippen LogP contribution in [-0.2, 0) is 21.2 Å². The van der Waals surface area contributed by atoms with Gasteiger partial charge in [0.25, 0.3) is 0 Å². The fraction of sp³-hybridized carbons (Fsp3) is 0.533. The Kier molecular flexibility index (Phi) is 6.76. The molecule has 0 aliphatic carbocycles. The number of nitrogens with zero attached hydrogens (tertiary/aromatic N) is 1. The standard InChI is InChI=1S/C15H23N3O3S2/c1-2-16-15(22)17-8-7-13-3-5-14(6-4-13)23(19,20)18-9-11-21-12-10-18/h3-6H,2,7-12H2,1H3,(H2,16,17,22). The van der Waals surface area contributed by atoms with E-state index in [1.54, 1.807) is 12.1 Å². The summed E-state index contributed by atoms with van der Waals surface area (Å²) < 4.78 is 31.7. The summed E-state index contributed by atoms with van der Waals surface area (Å²) in [4.78, 5) is 0.333. The number of rotatable bonds is 6. The lowest BCUT2D eigenvalue weighted by atomic mass is 10.1. The van der Waals surface area contributed by atoms with Crippen molar-refractivity contribution in [2.45, 2.75) is 18.2 Å². The molecule has 1 aliphatic rings. The Morgan fingerprint density at radius 2 is 1.87 bits per heavy atom. The van der Waals surface area contributed by atoms with Crippen LogP contribution in [-0.4, -0.2) is 57.2 Å². The monoisotopic (exact) mass is 357 g/mol. The average Bonchev–Trinajstić information content (AvgIpc) is 2.56. The fourth-order valence-electron chi connectivity index (χ4n) is 2.31. The molecular formula is C15H23N3O3S2. The Bertz CT molecular complexity index is 611. The third-order valence-corrected chi connectivity index (χ3v) is 5.77. The summed E-state index contributed by atoms with van der Waals surface area (Å²) in [5, 5.41) is 6.77. The van der Waals surface area contributed by atoms with Crippen LogP contribution in [0.4, 0.5) is 0 Å². The number of hydrogen-bond acceptors (Lipinski definition) is 4. The van der Waals surface area contributed by atoms with Gasteiger partial charge in [-0.3, -0.25) is 0 Å². The van der Waals surface area contributed by atoms with Gasteiger partial charge in [-0.05, 0) is 43.3 Å². The molecule has 0 atom stereocenters. The highest BCUT2D eigenvalue weighted by molar-refractivity contribution is 7.89. The lowest BCUT2D eigenvalue weighted by molar-refractivity contribution is 0.0730. The molecule has 8 heteroatoms. The van der Waals surface area contributed by atoms with E-state index in [1.807, 2.05) is 19.1 Å². The van der Waals surface area contributed by atoms with E-state index >= 15 is 0 Å². The molecule has 1 heterocycles. The van der Waals surface area contributed by atoms with Crippen molar-refractivity contribution < 1.29 is 13.2 Å². The van der Waals surface area contributed by atoms with Gasteiger partial charge in [-0.15, -0.1) is 0 Å². The second-order valence-electron chi connectivity index (χ2n) is 5.20. The maximum Gasteiger partial charge on any atom is 0.243 e. The number of sulfonamides is 1. The van der Waals surface area contributed by atoms with Gasteiger partial charge in [0.1, 0.15) is 0 Å². The minimum Gasteiger partial charge on any atom is -0.379 e. The van der Waals surface area contributed by atoms with Crippen molar-refractivity contribution in [2.75, 3.05) is 39.4 Å². The van der Waals surface area contributed by atoms with Crippen LogP contribution in [0.1, 0.15) is 12.5 Å². The van der Waals surface area contributed by atoms with Crippen LogP contribution >= 0.6 is 12.2 Å². The molecule has 0 aromatic heterocycles. The summed E-state index contributed by atoms with van der Waals surface area (Å²) in [5.74, 6) is 0. The third kappa shape index (κ3) is 5.13. The van der Waals surface area contributed by atoms with E-state index in [9.17, 15) is 8.42 Å². The van der Waals surface area contributed by atoms with E-state index < -0.39 is 10.0 Å². The number of nitrogens with one attached hydrogen (secondary N) is 2. The molecule has 1 aromatic rings.